The number of benzene rings is 3. The van der Waals surface area contributed by atoms with Crippen LogP contribution in [0.4, 0.5) is 14.5 Å². The Morgan fingerprint density at radius 1 is 1.12 bits per heavy atom. The molecule has 0 radical (unpaired) electrons. The van der Waals surface area contributed by atoms with Gasteiger partial charge in [-0.1, -0.05) is 62.2 Å². The predicted octanol–water partition coefficient (Wildman–Crippen LogP) is 7.73. The van der Waals surface area contributed by atoms with Gasteiger partial charge in [0.2, 0.25) is 5.91 Å². The van der Waals surface area contributed by atoms with E-state index >= 15 is 8.78 Å². The van der Waals surface area contributed by atoms with Crippen molar-refractivity contribution >= 4 is 47.0 Å². The molecule has 0 bridgehead atoms. The van der Waals surface area contributed by atoms with E-state index in [-0.39, 0.29) is 56.8 Å². The van der Waals surface area contributed by atoms with Crippen molar-refractivity contribution in [2.24, 2.45) is 10.4 Å². The average Bonchev–Trinajstić information content (AvgIpc) is 3.56. The highest BCUT2D eigenvalue weighted by Crippen LogP contribution is 2.52. The number of methoxy groups -OCH3 is 1. The molecule has 2 heterocycles. The van der Waals surface area contributed by atoms with Crippen molar-refractivity contribution in [3.63, 3.8) is 0 Å². The molecule has 9 nitrogen and oxygen atoms in total. The number of aliphatic imine (C=N–C) groups is 1. The van der Waals surface area contributed by atoms with E-state index in [0.717, 1.165) is 0 Å². The van der Waals surface area contributed by atoms with Crippen LogP contribution in [0.2, 0.25) is 10.0 Å². The lowest BCUT2D eigenvalue weighted by Gasteiger charge is -2.40. The van der Waals surface area contributed by atoms with Gasteiger partial charge in [0.25, 0.3) is 0 Å². The van der Waals surface area contributed by atoms with Gasteiger partial charge in [0.15, 0.2) is 5.79 Å². The lowest BCUT2D eigenvalue weighted by Crippen LogP contribution is -2.47. The first-order valence-corrected chi connectivity index (χ1v) is 17.3. The quantitative estimate of drug-likeness (QED) is 0.162. The molecule has 3 aromatic carbocycles. The molecule has 1 unspecified atom stereocenters. The second-order valence-electron chi connectivity index (χ2n) is 14.5. The molecule has 0 aromatic heterocycles. The summed E-state index contributed by atoms with van der Waals surface area (Å²) in [4.78, 5) is 31.8. The number of amides is 1. The Balaban J connectivity index is 1.54. The molecule has 2 fully saturated rings. The van der Waals surface area contributed by atoms with E-state index in [4.69, 9.17) is 42.1 Å². The lowest BCUT2D eigenvalue weighted by molar-refractivity contribution is -0.142. The summed E-state index contributed by atoms with van der Waals surface area (Å²) in [6, 6.07) is 11.6. The lowest BCUT2D eigenvalue weighted by atomic mass is 9.62. The van der Waals surface area contributed by atoms with Crippen molar-refractivity contribution in [2.75, 3.05) is 32.7 Å². The second kappa shape index (κ2) is 15.2. The molecular formula is C38H43Cl2F2N3O6. The molecule has 5 rings (SSSR count). The highest BCUT2D eigenvalue weighted by Gasteiger charge is 2.59. The summed E-state index contributed by atoms with van der Waals surface area (Å²) in [7, 11) is 2.95. The normalized spacial score (nSPS) is 24.5. The van der Waals surface area contributed by atoms with Crippen molar-refractivity contribution in [3.8, 4) is 5.75 Å². The first kappa shape index (κ1) is 38.6. The van der Waals surface area contributed by atoms with Gasteiger partial charge in [-0.05, 0) is 67.6 Å². The molecule has 2 N–H and O–H groups in total. The molecule has 2 saturated heterocycles. The zero-order chi connectivity index (χ0) is 37.3. The van der Waals surface area contributed by atoms with Crippen molar-refractivity contribution in [2.45, 2.75) is 76.3 Å². The molecule has 0 saturated carbocycles. The number of esters is 1. The fourth-order valence-electron chi connectivity index (χ4n) is 7.09. The van der Waals surface area contributed by atoms with E-state index < -0.39 is 58.8 Å². The van der Waals surface area contributed by atoms with E-state index in [1.54, 1.807) is 51.4 Å². The number of nitrogens with zero attached hydrogens (tertiary/aromatic N) is 1. The number of ether oxygens (including phenoxy) is 4. The maximum atomic E-state index is 16.2. The largest absolute Gasteiger partial charge is 0.495 e. The van der Waals surface area contributed by atoms with E-state index in [9.17, 15) is 9.59 Å². The molecule has 2 aliphatic rings. The third-order valence-corrected chi connectivity index (χ3v) is 9.65. The first-order chi connectivity index (χ1) is 24.0. The van der Waals surface area contributed by atoms with Crippen LogP contribution >= 0.6 is 23.2 Å². The van der Waals surface area contributed by atoms with Crippen molar-refractivity contribution in [1.82, 2.24) is 5.32 Å². The van der Waals surface area contributed by atoms with Crippen LogP contribution in [0.15, 0.2) is 59.6 Å². The smallest absolute Gasteiger partial charge is 0.338 e. The number of halogens is 4. The number of carbonyl (C=O) groups is 2. The fraction of sp³-hybridized carbons (Fsp3) is 0.447. The highest BCUT2D eigenvalue weighted by atomic mass is 35.5. The van der Waals surface area contributed by atoms with Gasteiger partial charge in [-0.2, -0.15) is 0 Å². The van der Waals surface area contributed by atoms with Crippen LogP contribution in [0.5, 0.6) is 5.75 Å². The van der Waals surface area contributed by atoms with E-state index in [1.165, 1.54) is 37.4 Å². The summed E-state index contributed by atoms with van der Waals surface area (Å²) in [5.74, 6) is -4.17. The minimum absolute atomic E-state index is 0.00930. The van der Waals surface area contributed by atoms with Gasteiger partial charge < -0.3 is 29.6 Å². The third kappa shape index (κ3) is 8.23. The zero-order valence-electron chi connectivity index (χ0n) is 29.6. The minimum atomic E-state index is -1.38. The van der Waals surface area contributed by atoms with Crippen LogP contribution in [0.25, 0.3) is 0 Å². The van der Waals surface area contributed by atoms with Crippen molar-refractivity contribution < 1.29 is 37.3 Å². The second-order valence-corrected chi connectivity index (χ2v) is 15.3. The van der Waals surface area contributed by atoms with E-state index in [2.05, 4.69) is 15.6 Å². The van der Waals surface area contributed by atoms with Crippen LogP contribution in [-0.2, 0) is 24.4 Å². The topological polar surface area (TPSA) is 107 Å². The van der Waals surface area contributed by atoms with Gasteiger partial charge in [0.1, 0.15) is 30.1 Å². The van der Waals surface area contributed by atoms with Gasteiger partial charge in [-0.25, -0.2) is 13.6 Å². The van der Waals surface area contributed by atoms with Gasteiger partial charge >= 0.3 is 5.97 Å². The maximum Gasteiger partial charge on any atom is 0.338 e. The van der Waals surface area contributed by atoms with Crippen molar-refractivity contribution in [1.29, 1.82) is 0 Å². The highest BCUT2D eigenvalue weighted by molar-refractivity contribution is 6.31. The standard InChI is InChI=1S/C38H43Cl2F2N3O6/c1-36(2,3)17-30-38(20-43-6,25-13-12-22(39)16-27(25)41)31(24-9-8-10-26(40)32(24)42)33(45-30)34(46)44-28-14-11-21(15-29(28)48-7)35(47)49-18-23-19-50-37(4,5)51-23/h8-16,20,23,30-31,33,45H,17-19H2,1-7H3,(H,44,46)/t23?,30-,31-,33+,38-/m0/s1. The molecule has 13 heteroatoms. The molecule has 0 spiro atoms. The summed E-state index contributed by atoms with van der Waals surface area (Å²) >= 11 is 12.5. The average molecular weight is 747 g/mol. The number of hydrogen-bond acceptors (Lipinski definition) is 8. The Hall–Kier alpha value is -3.61. The molecule has 274 valence electrons. The molecule has 5 atom stereocenters. The van der Waals surface area contributed by atoms with Crippen LogP contribution < -0.4 is 15.4 Å². The van der Waals surface area contributed by atoms with Crippen LogP contribution in [0, 0.1) is 17.0 Å². The molecular weight excluding hydrogens is 703 g/mol. The van der Waals surface area contributed by atoms with Crippen LogP contribution in [0.1, 0.15) is 68.4 Å². The predicted molar refractivity (Wildman–Crippen MR) is 193 cm³/mol. The summed E-state index contributed by atoms with van der Waals surface area (Å²) in [6.45, 7) is 9.90. The molecule has 2 aliphatic heterocycles. The Bertz CT molecular complexity index is 1820. The Kier molecular flexibility index (Phi) is 11.5. The third-order valence-electron chi connectivity index (χ3n) is 9.12. The molecule has 0 aliphatic carbocycles. The zero-order valence-corrected chi connectivity index (χ0v) is 31.1. The minimum Gasteiger partial charge on any atom is -0.495 e. The van der Waals surface area contributed by atoms with Crippen molar-refractivity contribution in [3.05, 3.63) is 93.0 Å². The molecule has 3 aromatic rings. The molecule has 1 amide bonds. The number of nitrogens with one attached hydrogen (secondary N) is 2. The SMILES string of the molecule is CN=C[C@]1(c2ccc(Cl)cc2F)[C@H](CC(C)(C)C)N[C@@H](C(=O)Nc2ccc(C(=O)OCC3COC(C)(C)O3)cc2OC)[C@@H]1c1cccc(Cl)c1F. The Morgan fingerprint density at radius 3 is 2.49 bits per heavy atom. The van der Waals surface area contributed by atoms with E-state index in [0.29, 0.717) is 6.42 Å². The Labute approximate surface area is 307 Å². The number of rotatable bonds is 10. The van der Waals surface area contributed by atoms with Gasteiger partial charge in [-0.15, -0.1) is 0 Å². The maximum absolute atomic E-state index is 16.2. The fourth-order valence-corrected chi connectivity index (χ4v) is 7.43. The monoisotopic (exact) mass is 745 g/mol. The summed E-state index contributed by atoms with van der Waals surface area (Å²) in [5.41, 5.74) is -0.986. The van der Waals surface area contributed by atoms with Crippen LogP contribution in [-0.4, -0.2) is 69.4 Å². The molecule has 51 heavy (non-hydrogen) atoms. The number of carbonyl (C=O) groups excluding carboxylic acids is 2. The van der Waals surface area contributed by atoms with E-state index in [1.807, 2.05) is 20.8 Å². The summed E-state index contributed by atoms with van der Waals surface area (Å²) < 4.78 is 54.5. The van der Waals surface area contributed by atoms with Gasteiger partial charge in [0.05, 0.1) is 41.4 Å². The summed E-state index contributed by atoms with van der Waals surface area (Å²) in [6.07, 6.45) is 1.62. The summed E-state index contributed by atoms with van der Waals surface area (Å²) in [5, 5.41) is 6.38. The van der Waals surface area contributed by atoms with Crippen LogP contribution in [0.3, 0.4) is 0 Å². The van der Waals surface area contributed by atoms with Gasteiger partial charge in [0, 0.05) is 35.8 Å². The number of hydrogen-bond donors (Lipinski definition) is 2. The number of anilines is 1. The first-order valence-electron chi connectivity index (χ1n) is 16.6. The van der Waals surface area contributed by atoms with Gasteiger partial charge in [-0.3, -0.25) is 9.79 Å². The Morgan fingerprint density at radius 2 is 1.86 bits per heavy atom.